The van der Waals surface area contributed by atoms with Crippen molar-refractivity contribution in [3.63, 3.8) is 0 Å². The van der Waals surface area contributed by atoms with Crippen molar-refractivity contribution < 1.29 is 31.9 Å². The Kier molecular flexibility index (Phi) is 11.4. The zero-order valence-corrected chi connectivity index (χ0v) is 27.0. The number of anilines is 1. The molecule has 1 atom stereocenters. The normalized spacial score (nSPS) is 11.9. The van der Waals surface area contributed by atoms with Gasteiger partial charge in [0.1, 0.15) is 18.4 Å². The van der Waals surface area contributed by atoms with Gasteiger partial charge in [-0.25, -0.2) is 12.8 Å². The van der Waals surface area contributed by atoms with E-state index >= 15 is 0 Å². The first-order valence-electron chi connectivity index (χ1n) is 14.7. The van der Waals surface area contributed by atoms with Crippen molar-refractivity contribution in [3.05, 3.63) is 120 Å². The molecule has 11 heteroatoms. The molecule has 4 aromatic rings. The van der Waals surface area contributed by atoms with E-state index in [1.807, 2.05) is 74.5 Å². The van der Waals surface area contributed by atoms with Gasteiger partial charge in [-0.05, 0) is 61.4 Å². The average molecular weight is 648 g/mol. The molecule has 0 aromatic heterocycles. The Labute approximate surface area is 269 Å². The fourth-order valence-electron chi connectivity index (χ4n) is 4.96. The van der Waals surface area contributed by atoms with E-state index in [1.54, 1.807) is 0 Å². The highest BCUT2D eigenvalue weighted by Gasteiger charge is 2.35. The number of nitrogens with zero attached hydrogens (tertiary/aromatic N) is 2. The van der Waals surface area contributed by atoms with E-state index in [1.165, 1.54) is 49.5 Å². The third-order valence-electron chi connectivity index (χ3n) is 7.23. The molecule has 0 bridgehead atoms. The summed E-state index contributed by atoms with van der Waals surface area (Å²) in [7, 11) is -1.61. The van der Waals surface area contributed by atoms with Gasteiger partial charge in [0.25, 0.3) is 10.0 Å². The maximum atomic E-state index is 14.4. The van der Waals surface area contributed by atoms with Crippen molar-refractivity contribution in [2.24, 2.45) is 0 Å². The van der Waals surface area contributed by atoms with E-state index in [0.29, 0.717) is 5.75 Å². The summed E-state index contributed by atoms with van der Waals surface area (Å²) in [6.07, 6.45) is 0.191. The predicted molar refractivity (Wildman–Crippen MR) is 175 cm³/mol. The first-order valence-corrected chi connectivity index (χ1v) is 16.2. The minimum atomic E-state index is -4.42. The molecule has 0 saturated carbocycles. The van der Waals surface area contributed by atoms with Crippen LogP contribution in [0, 0.1) is 5.82 Å². The number of methoxy groups -OCH3 is 2. The van der Waals surface area contributed by atoms with Gasteiger partial charge in [0.2, 0.25) is 11.8 Å². The maximum absolute atomic E-state index is 14.4. The lowest BCUT2D eigenvalue weighted by atomic mass is 10.0. The Morgan fingerprint density at radius 1 is 0.804 bits per heavy atom. The molecule has 242 valence electrons. The van der Waals surface area contributed by atoms with Crippen molar-refractivity contribution >= 4 is 27.5 Å². The molecule has 0 spiro atoms. The maximum Gasteiger partial charge on any atom is 0.264 e. The van der Waals surface area contributed by atoms with Crippen molar-refractivity contribution in [1.29, 1.82) is 0 Å². The molecule has 9 nitrogen and oxygen atoms in total. The Hall–Kier alpha value is -4.90. The summed E-state index contributed by atoms with van der Waals surface area (Å²) in [4.78, 5) is 29.4. The van der Waals surface area contributed by atoms with Gasteiger partial charge >= 0.3 is 0 Å². The number of hydrogen-bond donors (Lipinski definition) is 1. The van der Waals surface area contributed by atoms with Crippen LogP contribution < -0.4 is 19.1 Å². The quantitative estimate of drug-likeness (QED) is 0.202. The van der Waals surface area contributed by atoms with E-state index in [4.69, 9.17) is 9.47 Å². The van der Waals surface area contributed by atoms with Crippen LogP contribution in [0.25, 0.3) is 0 Å². The van der Waals surface area contributed by atoms with Crippen LogP contribution in [0.15, 0.2) is 108 Å². The molecule has 0 aliphatic rings. The first kappa shape index (κ1) is 34.0. The zero-order chi connectivity index (χ0) is 33.3. The third kappa shape index (κ3) is 8.42. The molecular weight excluding hydrogens is 609 g/mol. The minimum absolute atomic E-state index is 0.0380. The summed E-state index contributed by atoms with van der Waals surface area (Å²) in [5.74, 6) is -1.08. The third-order valence-corrected chi connectivity index (χ3v) is 9.00. The van der Waals surface area contributed by atoms with Crippen LogP contribution in [0.4, 0.5) is 10.1 Å². The number of ether oxygens (including phenoxy) is 2. The van der Waals surface area contributed by atoms with Crippen molar-refractivity contribution in [2.45, 2.75) is 43.8 Å². The van der Waals surface area contributed by atoms with Crippen molar-refractivity contribution in [1.82, 2.24) is 10.2 Å². The first-order chi connectivity index (χ1) is 22.0. The van der Waals surface area contributed by atoms with Crippen LogP contribution in [-0.2, 0) is 32.6 Å². The zero-order valence-electron chi connectivity index (χ0n) is 26.2. The average Bonchev–Trinajstić information content (AvgIpc) is 3.05. The molecule has 2 amide bonds. The van der Waals surface area contributed by atoms with Crippen molar-refractivity contribution in [2.75, 3.05) is 25.1 Å². The second kappa shape index (κ2) is 15.4. The van der Waals surface area contributed by atoms with Gasteiger partial charge in [0.15, 0.2) is 11.5 Å². The van der Waals surface area contributed by atoms with Crippen LogP contribution in [0.3, 0.4) is 0 Å². The number of sulfonamides is 1. The van der Waals surface area contributed by atoms with E-state index in [-0.39, 0.29) is 41.2 Å². The summed E-state index contributed by atoms with van der Waals surface area (Å²) in [6, 6.07) is 26.2. The smallest absolute Gasteiger partial charge is 0.264 e. The van der Waals surface area contributed by atoms with Gasteiger partial charge in [-0.2, -0.15) is 0 Å². The largest absolute Gasteiger partial charge is 0.493 e. The predicted octanol–water partition coefficient (Wildman–Crippen LogP) is 5.20. The topological polar surface area (TPSA) is 105 Å². The van der Waals surface area contributed by atoms with Gasteiger partial charge in [-0.15, -0.1) is 0 Å². The summed E-state index contributed by atoms with van der Waals surface area (Å²) in [5.41, 5.74) is 1.64. The lowest BCUT2D eigenvalue weighted by Crippen LogP contribution is -2.54. The molecule has 0 unspecified atom stereocenters. The van der Waals surface area contributed by atoms with Gasteiger partial charge in [-0.3, -0.25) is 13.9 Å². The van der Waals surface area contributed by atoms with Gasteiger partial charge in [0.05, 0.1) is 24.8 Å². The summed E-state index contributed by atoms with van der Waals surface area (Å²) in [6.45, 7) is 3.02. The fourth-order valence-corrected chi connectivity index (χ4v) is 6.39. The molecular formula is C35H38FN3O6S. The molecule has 0 aliphatic carbocycles. The lowest BCUT2D eigenvalue weighted by molar-refractivity contribution is -0.140. The number of amides is 2. The van der Waals surface area contributed by atoms with Crippen LogP contribution in [0.2, 0.25) is 0 Å². The Morgan fingerprint density at radius 2 is 1.39 bits per heavy atom. The lowest BCUT2D eigenvalue weighted by Gasteiger charge is -2.34. The molecule has 1 N–H and O–H groups in total. The molecule has 4 rings (SSSR count). The van der Waals surface area contributed by atoms with Crippen molar-refractivity contribution in [3.8, 4) is 11.5 Å². The van der Waals surface area contributed by atoms with E-state index < -0.39 is 34.3 Å². The molecule has 0 fully saturated rings. The molecule has 0 saturated heterocycles. The molecule has 0 aliphatic heterocycles. The van der Waals surface area contributed by atoms with Crippen LogP contribution in [0.1, 0.15) is 25.0 Å². The van der Waals surface area contributed by atoms with Crippen LogP contribution >= 0.6 is 0 Å². The molecule has 4 aromatic carbocycles. The number of carbonyl (C=O) groups excluding carboxylic acids is 2. The Bertz CT molecular complexity index is 1720. The number of benzene rings is 4. The summed E-state index contributed by atoms with van der Waals surface area (Å²) >= 11 is 0. The standard InChI is InChI=1S/C35H38FN3O6S/c1-25(2)37-35(41)31(21-26-11-7-5-8-12-26)38(23-27-13-9-6-10-14-27)34(40)24-39(29-17-15-28(36)16-18-29)46(42,43)30-19-20-32(44-3)33(22-30)45-4/h5-20,22,25,31H,21,23-24H2,1-4H3,(H,37,41)/t31-/m1/s1. The number of hydrogen-bond acceptors (Lipinski definition) is 6. The summed E-state index contributed by atoms with van der Waals surface area (Å²) < 4.78 is 53.9. The summed E-state index contributed by atoms with van der Waals surface area (Å²) in [5, 5.41) is 2.92. The number of halogens is 1. The monoisotopic (exact) mass is 647 g/mol. The Morgan fingerprint density at radius 3 is 1.96 bits per heavy atom. The second-order valence-electron chi connectivity index (χ2n) is 10.9. The Balaban J connectivity index is 1.81. The molecule has 0 heterocycles. The van der Waals surface area contributed by atoms with Crippen LogP contribution in [0.5, 0.6) is 11.5 Å². The number of carbonyl (C=O) groups is 2. The second-order valence-corrected chi connectivity index (χ2v) is 12.7. The fraction of sp³-hybridized carbons (Fsp3) is 0.257. The van der Waals surface area contributed by atoms with Gasteiger partial charge < -0.3 is 19.7 Å². The van der Waals surface area contributed by atoms with Crippen LogP contribution in [-0.4, -0.2) is 58.0 Å². The van der Waals surface area contributed by atoms with E-state index in [0.717, 1.165) is 27.6 Å². The molecule has 0 radical (unpaired) electrons. The number of rotatable bonds is 14. The van der Waals surface area contributed by atoms with Gasteiger partial charge in [0, 0.05) is 25.1 Å². The highest BCUT2D eigenvalue weighted by Crippen LogP contribution is 2.32. The highest BCUT2D eigenvalue weighted by atomic mass is 32.2. The SMILES string of the molecule is COc1ccc(S(=O)(=O)N(CC(=O)N(Cc2ccccc2)[C@H](Cc2ccccc2)C(=O)NC(C)C)c2ccc(F)cc2)cc1OC. The highest BCUT2D eigenvalue weighted by molar-refractivity contribution is 7.92. The number of nitrogens with one attached hydrogen (secondary N) is 1. The van der Waals surface area contributed by atoms with E-state index in [9.17, 15) is 22.4 Å². The van der Waals surface area contributed by atoms with E-state index in [2.05, 4.69) is 5.32 Å². The molecule has 46 heavy (non-hydrogen) atoms. The van der Waals surface area contributed by atoms with Gasteiger partial charge in [-0.1, -0.05) is 60.7 Å². The minimum Gasteiger partial charge on any atom is -0.493 e.